The van der Waals surface area contributed by atoms with E-state index in [2.05, 4.69) is 40.9 Å². The van der Waals surface area contributed by atoms with Crippen molar-refractivity contribution in [2.24, 2.45) is 5.92 Å². The molecule has 0 unspecified atom stereocenters. The third-order valence-corrected chi connectivity index (χ3v) is 3.71. The fraction of sp³-hybridized carbons (Fsp3) is 0.353. The summed E-state index contributed by atoms with van der Waals surface area (Å²) in [7, 11) is 0. The second-order valence-electron chi connectivity index (χ2n) is 5.99. The first kappa shape index (κ1) is 14.5. The van der Waals surface area contributed by atoms with Crippen molar-refractivity contribution in [3.63, 3.8) is 0 Å². The smallest absolute Gasteiger partial charge is 0.222 e. The molecular formula is C17H21N5. The molecule has 0 fully saturated rings. The van der Waals surface area contributed by atoms with E-state index >= 15 is 0 Å². The topological polar surface area (TPSA) is 69.6 Å². The van der Waals surface area contributed by atoms with E-state index < -0.39 is 0 Å². The molecule has 5 heteroatoms. The Labute approximate surface area is 130 Å². The van der Waals surface area contributed by atoms with Gasteiger partial charge in [-0.25, -0.2) is 9.97 Å². The number of hydrogen-bond donors (Lipinski definition) is 1. The van der Waals surface area contributed by atoms with E-state index in [9.17, 15) is 0 Å². The molecule has 22 heavy (non-hydrogen) atoms. The van der Waals surface area contributed by atoms with Crippen molar-refractivity contribution in [1.29, 1.82) is 0 Å². The molecule has 1 aromatic carbocycles. The number of nitrogens with two attached hydrogens (primary N) is 1. The van der Waals surface area contributed by atoms with E-state index in [1.165, 1.54) is 5.56 Å². The van der Waals surface area contributed by atoms with Crippen molar-refractivity contribution in [3.05, 3.63) is 47.9 Å². The van der Waals surface area contributed by atoms with Crippen LogP contribution in [0.2, 0.25) is 0 Å². The van der Waals surface area contributed by atoms with Crippen LogP contribution in [0, 0.1) is 5.92 Å². The highest BCUT2D eigenvalue weighted by atomic mass is 15.1. The highest BCUT2D eigenvalue weighted by molar-refractivity contribution is 5.74. The minimum absolute atomic E-state index is 0.320. The van der Waals surface area contributed by atoms with Gasteiger partial charge in [0, 0.05) is 0 Å². The maximum absolute atomic E-state index is 5.89. The Kier molecular flexibility index (Phi) is 4.04. The van der Waals surface area contributed by atoms with Gasteiger partial charge < -0.3 is 10.3 Å². The lowest BCUT2D eigenvalue weighted by atomic mass is 10.1. The summed E-state index contributed by atoms with van der Waals surface area (Å²) in [6.07, 6.45) is 3.77. The molecule has 0 atom stereocenters. The third kappa shape index (κ3) is 3.08. The monoisotopic (exact) mass is 295 g/mol. The summed E-state index contributed by atoms with van der Waals surface area (Å²) >= 11 is 0. The summed E-state index contributed by atoms with van der Waals surface area (Å²) in [6, 6.07) is 10.3. The van der Waals surface area contributed by atoms with E-state index in [1.54, 1.807) is 0 Å². The van der Waals surface area contributed by atoms with Crippen molar-refractivity contribution in [2.75, 3.05) is 5.73 Å². The molecule has 5 nitrogen and oxygen atoms in total. The Balaban J connectivity index is 1.96. The van der Waals surface area contributed by atoms with Crippen LogP contribution in [0.5, 0.6) is 0 Å². The van der Waals surface area contributed by atoms with Crippen molar-refractivity contribution in [1.82, 2.24) is 19.5 Å². The molecule has 2 heterocycles. The maximum atomic E-state index is 5.89. The predicted octanol–water partition coefficient (Wildman–Crippen LogP) is 3.05. The Morgan fingerprint density at radius 1 is 1.14 bits per heavy atom. The van der Waals surface area contributed by atoms with E-state index in [0.29, 0.717) is 11.9 Å². The number of imidazole rings is 1. The zero-order valence-electron chi connectivity index (χ0n) is 13.0. The van der Waals surface area contributed by atoms with Crippen LogP contribution in [-0.2, 0) is 13.0 Å². The van der Waals surface area contributed by atoms with Gasteiger partial charge in [0.2, 0.25) is 5.95 Å². The van der Waals surface area contributed by atoms with Crippen molar-refractivity contribution in [3.8, 4) is 0 Å². The van der Waals surface area contributed by atoms with Crippen LogP contribution in [0.3, 0.4) is 0 Å². The largest absolute Gasteiger partial charge is 0.368 e. The van der Waals surface area contributed by atoms with Crippen LogP contribution in [-0.4, -0.2) is 19.5 Å². The molecule has 3 rings (SSSR count). The van der Waals surface area contributed by atoms with Gasteiger partial charge in [-0.3, -0.25) is 0 Å². The van der Waals surface area contributed by atoms with Gasteiger partial charge in [0.15, 0.2) is 5.65 Å². The predicted molar refractivity (Wildman–Crippen MR) is 88.4 cm³/mol. The lowest BCUT2D eigenvalue weighted by Gasteiger charge is -2.07. The Morgan fingerprint density at radius 2 is 1.91 bits per heavy atom. The minimum Gasteiger partial charge on any atom is -0.368 e. The van der Waals surface area contributed by atoms with E-state index in [1.807, 2.05) is 29.1 Å². The second-order valence-corrected chi connectivity index (χ2v) is 5.99. The molecule has 2 aromatic heterocycles. The number of aryl methyl sites for hydroxylation is 1. The normalized spacial score (nSPS) is 11.4. The van der Waals surface area contributed by atoms with Crippen LogP contribution in [0.25, 0.3) is 11.2 Å². The van der Waals surface area contributed by atoms with Gasteiger partial charge in [-0.05, 0) is 24.3 Å². The van der Waals surface area contributed by atoms with Crippen molar-refractivity contribution >= 4 is 17.1 Å². The molecule has 0 bridgehead atoms. The zero-order chi connectivity index (χ0) is 15.5. The quantitative estimate of drug-likeness (QED) is 0.785. The Bertz CT molecular complexity index is 761. The van der Waals surface area contributed by atoms with E-state index in [-0.39, 0.29) is 0 Å². The average molecular weight is 295 g/mol. The van der Waals surface area contributed by atoms with Crippen molar-refractivity contribution in [2.45, 2.75) is 33.2 Å². The van der Waals surface area contributed by atoms with Crippen LogP contribution < -0.4 is 5.73 Å². The summed E-state index contributed by atoms with van der Waals surface area (Å²) in [6.45, 7) is 5.14. The highest BCUT2D eigenvalue weighted by Crippen LogP contribution is 2.19. The van der Waals surface area contributed by atoms with Crippen LogP contribution >= 0.6 is 0 Å². The van der Waals surface area contributed by atoms with E-state index in [4.69, 9.17) is 5.73 Å². The number of hydrogen-bond acceptors (Lipinski definition) is 4. The molecule has 114 valence electrons. The SMILES string of the molecule is CC(C)CCc1nc(N)nc2c1ncn2Cc1ccccc1. The number of fused-ring (bicyclic) bond motifs is 1. The first-order chi connectivity index (χ1) is 10.6. The Morgan fingerprint density at radius 3 is 2.64 bits per heavy atom. The lowest BCUT2D eigenvalue weighted by Crippen LogP contribution is -2.05. The van der Waals surface area contributed by atoms with Gasteiger partial charge >= 0.3 is 0 Å². The summed E-state index contributed by atoms with van der Waals surface area (Å²) in [5.41, 5.74) is 9.73. The molecule has 3 aromatic rings. The van der Waals surface area contributed by atoms with Crippen molar-refractivity contribution < 1.29 is 0 Å². The molecule has 2 N–H and O–H groups in total. The number of rotatable bonds is 5. The van der Waals surface area contributed by atoms with Crippen LogP contribution in [0.1, 0.15) is 31.5 Å². The maximum Gasteiger partial charge on any atom is 0.222 e. The molecule has 0 saturated heterocycles. The van der Waals surface area contributed by atoms with Gasteiger partial charge in [-0.2, -0.15) is 4.98 Å². The number of anilines is 1. The summed E-state index contributed by atoms with van der Waals surface area (Å²) < 4.78 is 2.03. The second kappa shape index (κ2) is 6.13. The van der Waals surface area contributed by atoms with Gasteiger partial charge in [-0.1, -0.05) is 44.2 Å². The van der Waals surface area contributed by atoms with Gasteiger partial charge in [0.25, 0.3) is 0 Å². The number of aromatic nitrogens is 4. The molecule has 0 aliphatic carbocycles. The number of nitrogen functional groups attached to an aromatic ring is 1. The Hall–Kier alpha value is -2.43. The summed E-state index contributed by atoms with van der Waals surface area (Å²) in [4.78, 5) is 13.3. The molecule has 0 saturated carbocycles. The van der Waals surface area contributed by atoms with Gasteiger partial charge in [-0.15, -0.1) is 0 Å². The number of benzene rings is 1. The fourth-order valence-electron chi connectivity index (χ4n) is 2.52. The summed E-state index contributed by atoms with van der Waals surface area (Å²) in [5, 5.41) is 0. The molecule has 0 spiro atoms. The standard InChI is InChI=1S/C17H21N5/c1-12(2)8-9-14-15-16(21-17(18)20-14)22(11-19-15)10-13-6-4-3-5-7-13/h3-7,11-12H,8-10H2,1-2H3,(H2,18,20,21). The molecular weight excluding hydrogens is 274 g/mol. The molecule has 0 aliphatic rings. The average Bonchev–Trinajstić information content (AvgIpc) is 2.89. The fourth-order valence-corrected chi connectivity index (χ4v) is 2.52. The van der Waals surface area contributed by atoms with Gasteiger partial charge in [0.1, 0.15) is 5.52 Å². The summed E-state index contributed by atoms with van der Waals surface area (Å²) in [5.74, 6) is 0.943. The first-order valence-corrected chi connectivity index (χ1v) is 7.64. The van der Waals surface area contributed by atoms with Gasteiger partial charge in [0.05, 0.1) is 18.6 Å². The minimum atomic E-state index is 0.320. The lowest BCUT2D eigenvalue weighted by molar-refractivity contribution is 0.582. The van der Waals surface area contributed by atoms with Crippen LogP contribution in [0.4, 0.5) is 5.95 Å². The first-order valence-electron chi connectivity index (χ1n) is 7.64. The van der Waals surface area contributed by atoms with E-state index in [0.717, 1.165) is 36.2 Å². The van der Waals surface area contributed by atoms with Crippen LogP contribution in [0.15, 0.2) is 36.7 Å². The third-order valence-electron chi connectivity index (χ3n) is 3.71. The molecule has 0 aliphatic heterocycles. The number of nitrogens with zero attached hydrogens (tertiary/aromatic N) is 4. The molecule has 0 amide bonds. The molecule has 0 radical (unpaired) electrons. The highest BCUT2D eigenvalue weighted by Gasteiger charge is 2.12. The zero-order valence-corrected chi connectivity index (χ0v) is 13.0.